The van der Waals surface area contributed by atoms with Gasteiger partial charge in [-0.05, 0) is 25.8 Å². The van der Waals surface area contributed by atoms with E-state index in [2.05, 4.69) is 15.3 Å². The van der Waals surface area contributed by atoms with Gasteiger partial charge in [0.05, 0.1) is 17.1 Å². The zero-order valence-corrected chi connectivity index (χ0v) is 14.2. The number of nitrogens with one attached hydrogen (secondary N) is 1. The van der Waals surface area contributed by atoms with Crippen LogP contribution in [-0.4, -0.2) is 62.7 Å². The number of ether oxygens (including phenoxy) is 1. The van der Waals surface area contributed by atoms with Gasteiger partial charge < -0.3 is 15.0 Å². The van der Waals surface area contributed by atoms with Crippen molar-refractivity contribution in [1.82, 2.24) is 9.97 Å². The van der Waals surface area contributed by atoms with Gasteiger partial charge in [-0.2, -0.15) is 4.98 Å². The Morgan fingerprint density at radius 1 is 1.41 bits per heavy atom. The van der Waals surface area contributed by atoms with Crippen LogP contribution in [0.2, 0.25) is 0 Å². The number of aromatic nitrogens is 2. The lowest BCUT2D eigenvalue weighted by molar-refractivity contribution is -0.0396. The summed E-state index contributed by atoms with van der Waals surface area (Å²) >= 11 is 0. The van der Waals surface area contributed by atoms with Crippen molar-refractivity contribution >= 4 is 21.6 Å². The van der Waals surface area contributed by atoms with Gasteiger partial charge in [-0.3, -0.25) is 0 Å². The van der Waals surface area contributed by atoms with E-state index in [4.69, 9.17) is 4.74 Å². The molecule has 124 valence electrons. The Morgan fingerprint density at radius 3 is 2.68 bits per heavy atom. The Labute approximate surface area is 132 Å². The summed E-state index contributed by atoms with van der Waals surface area (Å²) in [6.45, 7) is 3.12. The van der Waals surface area contributed by atoms with E-state index in [9.17, 15) is 8.42 Å². The van der Waals surface area contributed by atoms with Crippen molar-refractivity contribution in [3.63, 3.8) is 0 Å². The van der Waals surface area contributed by atoms with Crippen LogP contribution < -0.4 is 10.2 Å². The molecule has 0 saturated carbocycles. The second kappa shape index (κ2) is 6.78. The Bertz CT molecular complexity index is 592. The SMILES string of the molecule is CCOC1(CN(C)c2ccnc(NC)n2)CCS(=O)(=O)CC1. The molecule has 8 heteroatoms. The maximum atomic E-state index is 11.7. The first-order chi connectivity index (χ1) is 10.4. The first-order valence-electron chi connectivity index (χ1n) is 7.46. The summed E-state index contributed by atoms with van der Waals surface area (Å²) in [5.74, 6) is 1.71. The van der Waals surface area contributed by atoms with Crippen LogP contribution in [0.15, 0.2) is 12.3 Å². The standard InChI is InChI=1S/C14H24N4O3S/c1-4-21-14(6-9-22(19,20)10-7-14)11-18(3)12-5-8-16-13(15-2)17-12/h5,8H,4,6-7,9-11H2,1-3H3,(H,15,16,17). The number of anilines is 2. The Morgan fingerprint density at radius 2 is 2.09 bits per heavy atom. The number of hydrogen-bond donors (Lipinski definition) is 1. The topological polar surface area (TPSA) is 84.4 Å². The molecule has 2 rings (SSSR count). The predicted octanol–water partition coefficient (Wildman–Crippen LogP) is 0.938. The van der Waals surface area contributed by atoms with E-state index >= 15 is 0 Å². The van der Waals surface area contributed by atoms with Crippen LogP contribution in [-0.2, 0) is 14.6 Å². The van der Waals surface area contributed by atoms with E-state index in [0.29, 0.717) is 31.9 Å². The second-order valence-corrected chi connectivity index (χ2v) is 7.92. The third-order valence-electron chi connectivity index (χ3n) is 3.97. The first kappa shape index (κ1) is 17.0. The molecule has 0 aromatic carbocycles. The molecule has 22 heavy (non-hydrogen) atoms. The third kappa shape index (κ3) is 4.07. The maximum absolute atomic E-state index is 11.7. The summed E-state index contributed by atoms with van der Waals surface area (Å²) in [6.07, 6.45) is 2.75. The molecule has 0 radical (unpaired) electrons. The van der Waals surface area contributed by atoms with Gasteiger partial charge in [0.15, 0.2) is 9.84 Å². The van der Waals surface area contributed by atoms with E-state index in [1.54, 1.807) is 13.2 Å². The second-order valence-electron chi connectivity index (χ2n) is 5.61. The Hall–Kier alpha value is -1.41. The zero-order valence-electron chi connectivity index (χ0n) is 13.4. The number of sulfone groups is 1. The molecule has 0 atom stereocenters. The molecule has 1 fully saturated rings. The molecule has 1 N–H and O–H groups in total. The van der Waals surface area contributed by atoms with Crippen molar-refractivity contribution in [2.24, 2.45) is 0 Å². The van der Waals surface area contributed by atoms with Gasteiger partial charge in [0.25, 0.3) is 0 Å². The average Bonchev–Trinajstić information content (AvgIpc) is 2.51. The van der Waals surface area contributed by atoms with Crippen LogP contribution in [0.5, 0.6) is 0 Å². The predicted molar refractivity (Wildman–Crippen MR) is 87.1 cm³/mol. The van der Waals surface area contributed by atoms with Gasteiger partial charge in [0.1, 0.15) is 5.82 Å². The normalized spacial score (nSPS) is 19.6. The van der Waals surface area contributed by atoms with E-state index in [1.807, 2.05) is 24.9 Å². The molecule has 0 amide bonds. The van der Waals surface area contributed by atoms with Crippen LogP contribution in [0.3, 0.4) is 0 Å². The Balaban J connectivity index is 2.13. The molecule has 1 saturated heterocycles. The minimum absolute atomic E-state index is 0.187. The van der Waals surface area contributed by atoms with E-state index in [0.717, 1.165) is 5.82 Å². The fourth-order valence-electron chi connectivity index (χ4n) is 2.76. The number of rotatable bonds is 6. The molecule has 0 aliphatic carbocycles. The third-order valence-corrected chi connectivity index (χ3v) is 5.62. The molecule has 2 heterocycles. The molecule has 0 spiro atoms. The van der Waals surface area contributed by atoms with Gasteiger partial charge in [-0.15, -0.1) is 0 Å². The van der Waals surface area contributed by atoms with Crippen LogP contribution in [0.25, 0.3) is 0 Å². The van der Waals surface area contributed by atoms with Crippen LogP contribution in [0, 0.1) is 0 Å². The molecule has 1 aromatic rings. The highest BCUT2D eigenvalue weighted by Crippen LogP contribution is 2.29. The van der Waals surface area contributed by atoms with Crippen molar-refractivity contribution in [1.29, 1.82) is 0 Å². The summed E-state index contributed by atoms with van der Waals surface area (Å²) < 4.78 is 29.3. The van der Waals surface area contributed by atoms with Gasteiger partial charge in [0.2, 0.25) is 5.95 Å². The van der Waals surface area contributed by atoms with E-state index in [1.165, 1.54) is 0 Å². The summed E-state index contributed by atoms with van der Waals surface area (Å²) in [6, 6.07) is 1.83. The largest absolute Gasteiger partial charge is 0.373 e. The monoisotopic (exact) mass is 328 g/mol. The van der Waals surface area contributed by atoms with Gasteiger partial charge in [-0.25, -0.2) is 13.4 Å². The fraction of sp³-hybridized carbons (Fsp3) is 0.714. The lowest BCUT2D eigenvalue weighted by atomic mass is 9.95. The summed E-state index contributed by atoms with van der Waals surface area (Å²) in [7, 11) is 0.789. The number of likely N-dealkylation sites (N-methyl/N-ethyl adjacent to an activating group) is 1. The zero-order chi connectivity index (χ0) is 16.2. The van der Waals surface area contributed by atoms with Crippen molar-refractivity contribution in [3.8, 4) is 0 Å². The van der Waals surface area contributed by atoms with E-state index in [-0.39, 0.29) is 11.5 Å². The summed E-state index contributed by atoms with van der Waals surface area (Å²) in [5, 5.41) is 2.91. The average molecular weight is 328 g/mol. The smallest absolute Gasteiger partial charge is 0.224 e. The minimum atomic E-state index is -2.92. The van der Waals surface area contributed by atoms with Crippen molar-refractivity contribution in [3.05, 3.63) is 12.3 Å². The van der Waals surface area contributed by atoms with Crippen molar-refractivity contribution in [2.75, 3.05) is 49.0 Å². The molecule has 1 aliphatic rings. The molecular weight excluding hydrogens is 304 g/mol. The highest BCUT2D eigenvalue weighted by molar-refractivity contribution is 7.91. The molecular formula is C14H24N4O3S. The molecule has 0 unspecified atom stereocenters. The van der Waals surface area contributed by atoms with Crippen LogP contribution >= 0.6 is 0 Å². The van der Waals surface area contributed by atoms with Crippen molar-refractivity contribution < 1.29 is 13.2 Å². The molecule has 1 aliphatic heterocycles. The minimum Gasteiger partial charge on any atom is -0.373 e. The Kier molecular flexibility index (Phi) is 5.23. The molecule has 7 nitrogen and oxygen atoms in total. The van der Waals surface area contributed by atoms with Gasteiger partial charge in [-0.1, -0.05) is 0 Å². The fourth-order valence-corrected chi connectivity index (χ4v) is 4.33. The van der Waals surface area contributed by atoms with E-state index < -0.39 is 15.4 Å². The molecule has 0 bridgehead atoms. The lowest BCUT2D eigenvalue weighted by Crippen LogP contribution is -2.49. The van der Waals surface area contributed by atoms with Crippen LogP contribution in [0.4, 0.5) is 11.8 Å². The van der Waals surface area contributed by atoms with Gasteiger partial charge >= 0.3 is 0 Å². The quantitative estimate of drug-likeness (QED) is 0.832. The summed E-state index contributed by atoms with van der Waals surface area (Å²) in [4.78, 5) is 10.5. The lowest BCUT2D eigenvalue weighted by Gasteiger charge is -2.39. The van der Waals surface area contributed by atoms with Crippen LogP contribution in [0.1, 0.15) is 19.8 Å². The van der Waals surface area contributed by atoms with Crippen molar-refractivity contribution in [2.45, 2.75) is 25.4 Å². The molecule has 1 aromatic heterocycles. The number of nitrogens with zero attached hydrogens (tertiary/aromatic N) is 3. The number of hydrogen-bond acceptors (Lipinski definition) is 7. The highest BCUT2D eigenvalue weighted by Gasteiger charge is 2.39. The highest BCUT2D eigenvalue weighted by atomic mass is 32.2. The van der Waals surface area contributed by atoms with Gasteiger partial charge in [0, 0.05) is 33.4 Å². The maximum Gasteiger partial charge on any atom is 0.224 e. The first-order valence-corrected chi connectivity index (χ1v) is 9.28. The summed E-state index contributed by atoms with van der Waals surface area (Å²) in [5.41, 5.74) is -0.431.